The van der Waals surface area contributed by atoms with Crippen molar-refractivity contribution in [1.29, 1.82) is 0 Å². The molecule has 3 rings (SSSR count). The number of esters is 1. The molecule has 9 nitrogen and oxygen atoms in total. The molecule has 0 spiro atoms. The molecule has 1 aliphatic carbocycles. The summed E-state index contributed by atoms with van der Waals surface area (Å²) >= 11 is 6.41. The molecular weight excluding hydrogens is 488 g/mol. The number of hydrogen-bond acceptors (Lipinski definition) is 7. The van der Waals surface area contributed by atoms with Crippen LogP contribution in [0.4, 0.5) is 4.79 Å². The highest BCUT2D eigenvalue weighted by Crippen LogP contribution is 2.42. The third-order valence-electron chi connectivity index (χ3n) is 6.24. The van der Waals surface area contributed by atoms with Crippen LogP contribution in [0.15, 0.2) is 48.5 Å². The molecule has 2 amide bonds. The number of carbonyl (C=O) groups is 4. The van der Waals surface area contributed by atoms with Crippen LogP contribution in [-0.2, 0) is 35.8 Å². The van der Waals surface area contributed by atoms with Crippen LogP contribution in [0.2, 0.25) is 5.02 Å². The van der Waals surface area contributed by atoms with E-state index in [-0.39, 0.29) is 18.0 Å². The van der Waals surface area contributed by atoms with Gasteiger partial charge >= 0.3 is 12.1 Å². The first-order valence-corrected chi connectivity index (χ1v) is 11.9. The van der Waals surface area contributed by atoms with Gasteiger partial charge in [0.05, 0.1) is 0 Å². The van der Waals surface area contributed by atoms with Crippen LogP contribution in [0.3, 0.4) is 0 Å². The van der Waals surface area contributed by atoms with E-state index in [2.05, 4.69) is 5.32 Å². The SMILES string of the molecule is CC(=O)NC(Cc1ccc(O)cc1)C(=O)OCOC(=O)N(C)[C@]1(c2ccccc2Cl)CCCCC1=O. The van der Waals surface area contributed by atoms with Crippen LogP contribution >= 0.6 is 11.6 Å². The summed E-state index contributed by atoms with van der Waals surface area (Å²) in [6.45, 7) is 0.557. The largest absolute Gasteiger partial charge is 0.508 e. The molecule has 1 unspecified atom stereocenters. The monoisotopic (exact) mass is 516 g/mol. The number of Topliss-reactive ketones (excluding diaryl/α,β-unsaturated/α-hetero) is 1. The summed E-state index contributed by atoms with van der Waals surface area (Å²) in [5.41, 5.74) is -0.0833. The maximum Gasteiger partial charge on any atom is 0.413 e. The lowest BCUT2D eigenvalue weighted by atomic mass is 9.74. The summed E-state index contributed by atoms with van der Waals surface area (Å²) in [5.74, 6) is -1.31. The van der Waals surface area contributed by atoms with E-state index < -0.39 is 36.3 Å². The van der Waals surface area contributed by atoms with Gasteiger partial charge in [-0.3, -0.25) is 14.5 Å². The Kier molecular flexibility index (Phi) is 8.93. The number of phenolic OH excluding ortho intramolecular Hbond substituents is 1. The molecule has 2 N–H and O–H groups in total. The molecular formula is C26H29ClN2O7. The lowest BCUT2D eigenvalue weighted by molar-refractivity contribution is -0.157. The number of nitrogens with zero attached hydrogens (tertiary/aromatic N) is 1. The Morgan fingerprint density at radius 1 is 1.11 bits per heavy atom. The molecule has 2 aromatic carbocycles. The second-order valence-corrected chi connectivity index (χ2v) is 9.05. The Morgan fingerprint density at radius 3 is 2.44 bits per heavy atom. The average Bonchev–Trinajstić information content (AvgIpc) is 2.85. The molecule has 2 atom stereocenters. The fraction of sp³-hybridized carbons (Fsp3) is 0.385. The molecule has 0 saturated heterocycles. The Bertz CT molecular complexity index is 1120. The summed E-state index contributed by atoms with van der Waals surface area (Å²) in [6, 6.07) is 12.0. The second kappa shape index (κ2) is 11.9. The van der Waals surface area contributed by atoms with Gasteiger partial charge in [-0.05, 0) is 43.0 Å². The zero-order valence-electron chi connectivity index (χ0n) is 20.2. The van der Waals surface area contributed by atoms with Gasteiger partial charge in [-0.1, -0.05) is 41.9 Å². The smallest absolute Gasteiger partial charge is 0.413 e. The number of aromatic hydroxyl groups is 1. The minimum absolute atomic E-state index is 0.0689. The first-order chi connectivity index (χ1) is 17.1. The van der Waals surface area contributed by atoms with Crippen molar-refractivity contribution in [3.8, 4) is 5.75 Å². The summed E-state index contributed by atoms with van der Waals surface area (Å²) in [7, 11) is 1.46. The molecule has 36 heavy (non-hydrogen) atoms. The Balaban J connectivity index is 1.67. The molecule has 10 heteroatoms. The van der Waals surface area contributed by atoms with Crippen LogP contribution in [-0.4, -0.2) is 53.6 Å². The number of likely N-dealkylation sites (N-methyl/N-ethyl adjacent to an activating group) is 1. The van der Waals surface area contributed by atoms with Crippen LogP contribution in [0.1, 0.15) is 43.7 Å². The first kappa shape index (κ1) is 27.0. The zero-order chi connectivity index (χ0) is 26.3. The summed E-state index contributed by atoms with van der Waals surface area (Å²) in [6.07, 6.45) is 1.38. The predicted molar refractivity (Wildman–Crippen MR) is 131 cm³/mol. The molecule has 0 radical (unpaired) electrons. The number of halogens is 1. The average molecular weight is 517 g/mol. The second-order valence-electron chi connectivity index (χ2n) is 8.64. The van der Waals surface area contributed by atoms with Crippen molar-refractivity contribution in [2.24, 2.45) is 0 Å². The lowest BCUT2D eigenvalue weighted by Gasteiger charge is -2.43. The Morgan fingerprint density at radius 2 is 1.81 bits per heavy atom. The molecule has 0 aliphatic heterocycles. The van der Waals surface area contributed by atoms with Crippen molar-refractivity contribution in [3.05, 3.63) is 64.7 Å². The van der Waals surface area contributed by atoms with Crippen LogP contribution in [0.5, 0.6) is 5.75 Å². The quantitative estimate of drug-likeness (QED) is 0.405. The van der Waals surface area contributed by atoms with Crippen LogP contribution in [0, 0.1) is 0 Å². The number of hydrogen-bond donors (Lipinski definition) is 2. The van der Waals surface area contributed by atoms with Crippen molar-refractivity contribution < 1.29 is 33.8 Å². The Hall–Kier alpha value is -3.59. The van der Waals surface area contributed by atoms with Crippen molar-refractivity contribution >= 4 is 35.4 Å². The molecule has 192 valence electrons. The van der Waals surface area contributed by atoms with Gasteiger partial charge in [0, 0.05) is 37.4 Å². The zero-order valence-corrected chi connectivity index (χ0v) is 20.9. The fourth-order valence-electron chi connectivity index (χ4n) is 4.43. The van der Waals surface area contributed by atoms with Crippen molar-refractivity contribution in [2.45, 2.75) is 50.6 Å². The van der Waals surface area contributed by atoms with E-state index in [1.807, 2.05) is 0 Å². The standard InChI is InChI=1S/C26H29ClN2O7/c1-17(30)28-22(15-18-10-12-19(31)13-11-18)24(33)35-16-36-25(34)29(2)26(14-6-5-9-23(26)32)20-7-3-4-8-21(20)27/h3-4,7-8,10-13,22,31H,5-6,9,14-16H2,1-2H3,(H,28,30)/t22?,26-/m0/s1. The van der Waals surface area contributed by atoms with E-state index in [0.29, 0.717) is 29.0 Å². The highest BCUT2D eigenvalue weighted by atomic mass is 35.5. The summed E-state index contributed by atoms with van der Waals surface area (Å²) in [5, 5.41) is 12.3. The molecule has 0 aromatic heterocycles. The third-order valence-corrected chi connectivity index (χ3v) is 6.57. The number of ketones is 1. The first-order valence-electron chi connectivity index (χ1n) is 11.6. The van der Waals surface area contributed by atoms with Gasteiger partial charge in [0.2, 0.25) is 12.7 Å². The van der Waals surface area contributed by atoms with Gasteiger partial charge < -0.3 is 19.9 Å². The van der Waals surface area contributed by atoms with Gasteiger partial charge in [0.25, 0.3) is 0 Å². The molecule has 0 heterocycles. The summed E-state index contributed by atoms with van der Waals surface area (Å²) in [4.78, 5) is 51.5. The van der Waals surface area contributed by atoms with E-state index in [4.69, 9.17) is 21.1 Å². The fourth-order valence-corrected chi connectivity index (χ4v) is 4.72. The third kappa shape index (κ3) is 6.15. The number of phenols is 1. The van der Waals surface area contributed by atoms with Gasteiger partial charge in [0.1, 0.15) is 17.3 Å². The van der Waals surface area contributed by atoms with Crippen LogP contribution in [0.25, 0.3) is 0 Å². The number of carbonyl (C=O) groups excluding carboxylic acids is 4. The maximum atomic E-state index is 13.1. The van der Waals surface area contributed by atoms with Crippen molar-refractivity contribution in [2.75, 3.05) is 13.8 Å². The lowest BCUT2D eigenvalue weighted by Crippen LogP contribution is -2.54. The van der Waals surface area contributed by atoms with Gasteiger partial charge in [-0.25, -0.2) is 9.59 Å². The predicted octanol–water partition coefficient (Wildman–Crippen LogP) is 3.70. The Labute approximate surface area is 214 Å². The molecule has 2 aromatic rings. The van der Waals surface area contributed by atoms with Gasteiger partial charge in [-0.15, -0.1) is 0 Å². The van der Waals surface area contributed by atoms with E-state index in [9.17, 15) is 24.3 Å². The van der Waals surface area contributed by atoms with E-state index in [1.165, 1.54) is 31.0 Å². The van der Waals surface area contributed by atoms with E-state index in [0.717, 1.165) is 12.8 Å². The van der Waals surface area contributed by atoms with Crippen molar-refractivity contribution in [3.63, 3.8) is 0 Å². The minimum atomic E-state index is -1.28. The number of ether oxygens (including phenoxy) is 2. The number of benzene rings is 2. The van der Waals surface area contributed by atoms with E-state index in [1.54, 1.807) is 36.4 Å². The molecule has 1 fully saturated rings. The van der Waals surface area contributed by atoms with Crippen molar-refractivity contribution in [1.82, 2.24) is 10.2 Å². The molecule has 1 saturated carbocycles. The highest BCUT2D eigenvalue weighted by molar-refractivity contribution is 6.31. The molecule has 1 aliphatic rings. The minimum Gasteiger partial charge on any atom is -0.508 e. The topological polar surface area (TPSA) is 122 Å². The van der Waals surface area contributed by atoms with Crippen LogP contribution < -0.4 is 5.32 Å². The maximum absolute atomic E-state index is 13.1. The normalized spacial score (nSPS) is 18.1. The number of nitrogens with one attached hydrogen (secondary N) is 1. The van der Waals surface area contributed by atoms with Gasteiger partial charge in [0.15, 0.2) is 5.78 Å². The molecule has 0 bridgehead atoms. The highest BCUT2D eigenvalue weighted by Gasteiger charge is 2.48. The number of rotatable bonds is 8. The summed E-state index contributed by atoms with van der Waals surface area (Å²) < 4.78 is 10.3. The number of amides is 2. The van der Waals surface area contributed by atoms with Gasteiger partial charge in [-0.2, -0.15) is 0 Å². The van der Waals surface area contributed by atoms with E-state index >= 15 is 0 Å².